The minimum atomic E-state index is 0.535. The smallest absolute Gasteiger partial charge is 0.234 e. The highest BCUT2D eigenvalue weighted by Crippen LogP contribution is 2.08. The number of nitrogens with zero attached hydrogens (tertiary/aromatic N) is 3. The second-order valence-corrected chi connectivity index (χ2v) is 3.70. The van der Waals surface area contributed by atoms with E-state index in [9.17, 15) is 5.21 Å². The minimum absolute atomic E-state index is 0.535. The Kier molecular flexibility index (Phi) is 2.49. The number of hydrogen-bond donors (Lipinski definition) is 0. The van der Waals surface area contributed by atoms with Gasteiger partial charge in [0.15, 0.2) is 6.20 Å². The molecule has 0 radical (unpaired) electrons. The highest BCUT2D eigenvalue weighted by atomic mass is 79.9. The van der Waals surface area contributed by atoms with Gasteiger partial charge in [-0.05, 0) is 5.56 Å². The van der Waals surface area contributed by atoms with E-state index in [1.807, 2.05) is 30.3 Å². The van der Waals surface area contributed by atoms with Gasteiger partial charge in [0, 0.05) is 15.9 Å². The summed E-state index contributed by atoms with van der Waals surface area (Å²) in [5, 5.41) is 14.6. The molecule has 14 heavy (non-hydrogen) atoms. The third kappa shape index (κ3) is 1.93. The number of hydrogen-bond acceptors (Lipinski definition) is 2. The Morgan fingerprint density at radius 2 is 2.07 bits per heavy atom. The molecule has 4 nitrogen and oxygen atoms in total. The van der Waals surface area contributed by atoms with Crippen LogP contribution in [0.5, 0.6) is 0 Å². The average molecular weight is 254 g/mol. The van der Waals surface area contributed by atoms with Crippen molar-refractivity contribution in [3.05, 3.63) is 51.9 Å². The van der Waals surface area contributed by atoms with Gasteiger partial charge < -0.3 is 5.21 Å². The van der Waals surface area contributed by atoms with Crippen LogP contribution in [-0.2, 0) is 6.54 Å². The molecule has 0 unspecified atom stereocenters. The summed E-state index contributed by atoms with van der Waals surface area (Å²) in [4.78, 5) is 0.535. The first-order valence-electron chi connectivity index (χ1n) is 4.12. The molecule has 0 N–H and O–H groups in total. The van der Waals surface area contributed by atoms with Gasteiger partial charge in [-0.3, -0.25) is 0 Å². The fourth-order valence-corrected chi connectivity index (χ4v) is 1.57. The fraction of sp³-hybridized carbons (Fsp3) is 0.111. The van der Waals surface area contributed by atoms with Crippen LogP contribution in [-0.4, -0.2) is 9.90 Å². The summed E-state index contributed by atoms with van der Waals surface area (Å²) in [6.07, 6.45) is 1.38. The summed E-state index contributed by atoms with van der Waals surface area (Å²) in [5.41, 5.74) is 1.11. The van der Waals surface area contributed by atoms with Gasteiger partial charge in [-0.25, -0.2) is 0 Å². The Hall–Kier alpha value is -1.36. The van der Waals surface area contributed by atoms with Crippen molar-refractivity contribution in [1.82, 2.24) is 9.90 Å². The summed E-state index contributed by atoms with van der Waals surface area (Å²) in [6.45, 7) is 0.594. The Morgan fingerprint density at radius 3 is 2.64 bits per heavy atom. The molecular formula is C9H8BrN3O. The van der Waals surface area contributed by atoms with Crippen LogP contribution >= 0.6 is 15.9 Å². The summed E-state index contributed by atoms with van der Waals surface area (Å²) in [7, 11) is 0. The third-order valence-corrected chi connectivity index (χ3v) is 2.45. The molecule has 2 rings (SSSR count). The van der Waals surface area contributed by atoms with E-state index in [-0.39, 0.29) is 0 Å². The summed E-state index contributed by atoms with van der Waals surface area (Å²) < 4.78 is 2.28. The molecule has 0 atom stereocenters. The Bertz CT molecular complexity index is 427. The van der Waals surface area contributed by atoms with Crippen molar-refractivity contribution in [1.29, 1.82) is 0 Å². The first-order chi connectivity index (χ1) is 6.75. The van der Waals surface area contributed by atoms with E-state index in [0.717, 1.165) is 5.56 Å². The van der Waals surface area contributed by atoms with Gasteiger partial charge in [-0.15, -0.1) is 9.53 Å². The van der Waals surface area contributed by atoms with Crippen molar-refractivity contribution in [2.24, 2.45) is 0 Å². The predicted octanol–water partition coefficient (Wildman–Crippen LogP) is 1.33. The van der Waals surface area contributed by atoms with Gasteiger partial charge in [0.05, 0.1) is 5.21 Å². The lowest BCUT2D eigenvalue weighted by molar-refractivity contribution is -0.671. The zero-order valence-electron chi connectivity index (χ0n) is 7.30. The maximum atomic E-state index is 10.9. The van der Waals surface area contributed by atoms with Crippen molar-refractivity contribution >= 4 is 15.9 Å². The fourth-order valence-electron chi connectivity index (χ4n) is 1.20. The monoisotopic (exact) mass is 253 g/mol. The lowest BCUT2D eigenvalue weighted by atomic mass is 10.2. The molecule has 2 aromatic rings. The van der Waals surface area contributed by atoms with E-state index in [2.05, 4.69) is 21.1 Å². The average Bonchev–Trinajstić information content (AvgIpc) is 2.47. The van der Waals surface area contributed by atoms with Gasteiger partial charge >= 0.3 is 0 Å². The van der Waals surface area contributed by atoms with Gasteiger partial charge in [0.25, 0.3) is 0 Å². The van der Waals surface area contributed by atoms with E-state index in [1.165, 1.54) is 6.20 Å². The maximum Gasteiger partial charge on any atom is 0.234 e. The van der Waals surface area contributed by atoms with Crippen LogP contribution in [0.4, 0.5) is 0 Å². The Morgan fingerprint density at radius 1 is 1.36 bits per heavy atom. The minimum Gasteiger partial charge on any atom is -0.691 e. The standard InChI is InChI=1S/C9H8BrN3O/c10-9-7-13(14)11-12(9)6-8-4-2-1-3-5-8/h1-5,7H,6H2. The molecule has 0 aliphatic carbocycles. The zero-order chi connectivity index (χ0) is 9.97. The lowest BCUT2D eigenvalue weighted by Crippen LogP contribution is -2.28. The van der Waals surface area contributed by atoms with Crippen LogP contribution in [0.3, 0.4) is 0 Å². The molecule has 5 heteroatoms. The van der Waals surface area contributed by atoms with Crippen molar-refractivity contribution in [3.8, 4) is 0 Å². The number of aromatic nitrogens is 3. The summed E-state index contributed by atoms with van der Waals surface area (Å²) in [6, 6.07) is 9.85. The second kappa shape index (κ2) is 3.79. The molecule has 0 spiro atoms. The molecule has 0 bridgehead atoms. The van der Waals surface area contributed by atoms with Crippen molar-refractivity contribution in [2.45, 2.75) is 6.54 Å². The maximum absolute atomic E-state index is 10.9. The zero-order valence-corrected chi connectivity index (χ0v) is 8.89. The van der Waals surface area contributed by atoms with Crippen LogP contribution < -0.4 is 4.85 Å². The molecule has 1 heterocycles. The van der Waals surface area contributed by atoms with Crippen LogP contribution in [0.1, 0.15) is 5.56 Å². The van der Waals surface area contributed by atoms with Crippen LogP contribution in [0.2, 0.25) is 0 Å². The van der Waals surface area contributed by atoms with Crippen molar-refractivity contribution < 1.29 is 4.85 Å². The van der Waals surface area contributed by atoms with E-state index in [4.69, 9.17) is 0 Å². The summed E-state index contributed by atoms with van der Waals surface area (Å²) >= 11 is 3.25. The first-order valence-corrected chi connectivity index (χ1v) is 4.92. The molecule has 0 aliphatic heterocycles. The van der Waals surface area contributed by atoms with Crippen molar-refractivity contribution in [3.63, 3.8) is 0 Å². The SMILES string of the molecule is [O-][n+]1cc(Br)n(Cc2ccccc2)n1. The largest absolute Gasteiger partial charge is 0.691 e. The molecule has 72 valence electrons. The molecular weight excluding hydrogens is 246 g/mol. The highest BCUT2D eigenvalue weighted by molar-refractivity contribution is 9.10. The molecule has 0 aliphatic rings. The van der Waals surface area contributed by atoms with Gasteiger partial charge in [0.1, 0.15) is 6.54 Å². The van der Waals surface area contributed by atoms with E-state index in [1.54, 1.807) is 4.68 Å². The first kappa shape index (κ1) is 9.21. The lowest BCUT2D eigenvalue weighted by Gasteiger charge is -1.95. The van der Waals surface area contributed by atoms with E-state index < -0.39 is 0 Å². The van der Waals surface area contributed by atoms with Crippen LogP contribution in [0.25, 0.3) is 0 Å². The molecule has 0 saturated carbocycles. The van der Waals surface area contributed by atoms with Gasteiger partial charge in [-0.2, -0.15) is 0 Å². The van der Waals surface area contributed by atoms with Gasteiger partial charge in [-0.1, -0.05) is 30.3 Å². The molecule has 0 saturated heterocycles. The second-order valence-electron chi connectivity index (χ2n) is 2.89. The molecule has 0 fully saturated rings. The van der Waals surface area contributed by atoms with Gasteiger partial charge in [0.2, 0.25) is 4.60 Å². The van der Waals surface area contributed by atoms with E-state index in [0.29, 0.717) is 16.0 Å². The number of halogens is 1. The predicted molar refractivity (Wildman–Crippen MR) is 54.4 cm³/mol. The Labute approximate surface area is 89.5 Å². The van der Waals surface area contributed by atoms with Crippen molar-refractivity contribution in [2.75, 3.05) is 0 Å². The number of benzene rings is 1. The van der Waals surface area contributed by atoms with Crippen LogP contribution in [0, 0.1) is 5.21 Å². The highest BCUT2D eigenvalue weighted by Gasteiger charge is 2.09. The normalized spacial score (nSPS) is 10.4. The molecule has 1 aromatic carbocycles. The quantitative estimate of drug-likeness (QED) is 0.599. The third-order valence-electron chi connectivity index (χ3n) is 1.83. The molecule has 0 amide bonds. The molecule has 1 aromatic heterocycles. The van der Waals surface area contributed by atoms with Crippen LogP contribution in [0.15, 0.2) is 41.1 Å². The Balaban J connectivity index is 2.23. The topological polar surface area (TPSA) is 44.8 Å². The summed E-state index contributed by atoms with van der Waals surface area (Å²) in [5.74, 6) is 0. The number of rotatable bonds is 2. The van der Waals surface area contributed by atoms with E-state index >= 15 is 0 Å².